The molecule has 6 heteroatoms. The van der Waals surface area contributed by atoms with E-state index in [1.807, 2.05) is 24.3 Å². The van der Waals surface area contributed by atoms with Crippen molar-refractivity contribution in [2.24, 2.45) is 0 Å². The molecule has 0 bridgehead atoms. The molecule has 0 unspecified atom stereocenters. The minimum atomic E-state index is -0.512. The SMILES string of the molecule is COC(=O)c1ccccc1NC(=O)C=Cc1ccc(N2CCCC2=O)cc1. The Labute approximate surface area is 157 Å². The summed E-state index contributed by atoms with van der Waals surface area (Å²) in [6.07, 6.45) is 4.54. The van der Waals surface area contributed by atoms with Crippen molar-refractivity contribution in [3.05, 3.63) is 65.7 Å². The molecule has 0 aromatic heterocycles. The Morgan fingerprint density at radius 2 is 1.85 bits per heavy atom. The number of hydrogen-bond donors (Lipinski definition) is 1. The summed E-state index contributed by atoms with van der Waals surface area (Å²) in [6.45, 7) is 0.746. The van der Waals surface area contributed by atoms with Crippen molar-refractivity contribution in [2.45, 2.75) is 12.8 Å². The fraction of sp³-hybridized carbons (Fsp3) is 0.190. The highest BCUT2D eigenvalue weighted by molar-refractivity contribution is 6.06. The first-order valence-electron chi connectivity index (χ1n) is 8.65. The Hall–Kier alpha value is -3.41. The van der Waals surface area contributed by atoms with Crippen LogP contribution in [-0.2, 0) is 14.3 Å². The van der Waals surface area contributed by atoms with E-state index in [4.69, 9.17) is 4.74 Å². The average Bonchev–Trinajstić information content (AvgIpc) is 3.12. The maximum Gasteiger partial charge on any atom is 0.339 e. The van der Waals surface area contributed by atoms with Gasteiger partial charge in [0.05, 0.1) is 18.4 Å². The molecule has 2 aromatic rings. The summed E-state index contributed by atoms with van der Waals surface area (Å²) in [5.41, 5.74) is 2.39. The van der Waals surface area contributed by atoms with Crippen molar-refractivity contribution in [3.8, 4) is 0 Å². The molecule has 1 fully saturated rings. The normalized spacial score (nSPS) is 13.8. The average molecular weight is 364 g/mol. The standard InChI is InChI=1S/C21H20N2O4/c1-27-21(26)17-5-2-3-6-18(17)22-19(24)13-10-15-8-11-16(12-9-15)23-14-4-7-20(23)25/h2-3,5-6,8-13H,4,7,14H2,1H3,(H,22,24). The predicted molar refractivity (Wildman–Crippen MR) is 103 cm³/mol. The minimum Gasteiger partial charge on any atom is -0.465 e. The van der Waals surface area contributed by atoms with E-state index in [0.717, 1.165) is 24.2 Å². The Morgan fingerprint density at radius 3 is 2.52 bits per heavy atom. The number of nitrogens with one attached hydrogen (secondary N) is 1. The Kier molecular flexibility index (Phi) is 5.66. The number of anilines is 2. The molecule has 6 nitrogen and oxygen atoms in total. The molecule has 0 radical (unpaired) electrons. The van der Waals surface area contributed by atoms with Gasteiger partial charge in [0.15, 0.2) is 0 Å². The van der Waals surface area contributed by atoms with Crippen molar-refractivity contribution in [1.29, 1.82) is 0 Å². The third kappa shape index (κ3) is 4.41. The van der Waals surface area contributed by atoms with Crippen LogP contribution >= 0.6 is 0 Å². The lowest BCUT2D eigenvalue weighted by Crippen LogP contribution is -2.23. The van der Waals surface area contributed by atoms with Gasteiger partial charge in [0, 0.05) is 24.7 Å². The van der Waals surface area contributed by atoms with Crippen LogP contribution in [0, 0.1) is 0 Å². The Morgan fingerprint density at radius 1 is 1.11 bits per heavy atom. The smallest absolute Gasteiger partial charge is 0.339 e. The topological polar surface area (TPSA) is 75.7 Å². The van der Waals surface area contributed by atoms with E-state index < -0.39 is 5.97 Å². The molecule has 0 spiro atoms. The van der Waals surface area contributed by atoms with E-state index in [2.05, 4.69) is 5.32 Å². The van der Waals surface area contributed by atoms with Crippen LogP contribution in [0.5, 0.6) is 0 Å². The number of ether oxygens (including phenoxy) is 1. The fourth-order valence-corrected chi connectivity index (χ4v) is 2.91. The number of amides is 2. The van der Waals surface area contributed by atoms with Gasteiger partial charge in [0.2, 0.25) is 11.8 Å². The minimum absolute atomic E-state index is 0.141. The zero-order valence-electron chi connectivity index (χ0n) is 15.0. The highest BCUT2D eigenvalue weighted by Crippen LogP contribution is 2.22. The zero-order valence-corrected chi connectivity index (χ0v) is 15.0. The number of rotatable bonds is 5. The summed E-state index contributed by atoms with van der Waals surface area (Å²) in [7, 11) is 1.29. The molecule has 1 N–H and O–H groups in total. The summed E-state index contributed by atoms with van der Waals surface area (Å²) in [5.74, 6) is -0.728. The van der Waals surface area contributed by atoms with E-state index in [1.54, 1.807) is 35.2 Å². The Balaban J connectivity index is 1.65. The zero-order chi connectivity index (χ0) is 19.2. The van der Waals surface area contributed by atoms with Crippen LogP contribution in [0.3, 0.4) is 0 Å². The quantitative estimate of drug-likeness (QED) is 0.653. The van der Waals surface area contributed by atoms with Gasteiger partial charge in [-0.1, -0.05) is 24.3 Å². The highest BCUT2D eigenvalue weighted by Gasteiger charge is 2.21. The van der Waals surface area contributed by atoms with Gasteiger partial charge in [0.1, 0.15) is 0 Å². The first kappa shape index (κ1) is 18.4. The number of methoxy groups -OCH3 is 1. The molecular weight excluding hydrogens is 344 g/mol. The maximum atomic E-state index is 12.2. The number of nitrogens with zero attached hydrogens (tertiary/aromatic N) is 1. The van der Waals surface area contributed by atoms with Crippen LogP contribution in [0.1, 0.15) is 28.8 Å². The van der Waals surface area contributed by atoms with Crippen LogP contribution in [0.4, 0.5) is 11.4 Å². The number of benzene rings is 2. The summed E-state index contributed by atoms with van der Waals surface area (Å²) < 4.78 is 4.71. The first-order chi connectivity index (χ1) is 13.1. The molecule has 2 amide bonds. The second kappa shape index (κ2) is 8.31. The molecular formula is C21H20N2O4. The first-order valence-corrected chi connectivity index (χ1v) is 8.65. The van der Waals surface area contributed by atoms with Gasteiger partial charge in [-0.25, -0.2) is 4.79 Å². The molecule has 0 saturated carbocycles. The van der Waals surface area contributed by atoms with Crippen LogP contribution in [0.15, 0.2) is 54.6 Å². The summed E-state index contributed by atoms with van der Waals surface area (Å²) >= 11 is 0. The molecule has 138 valence electrons. The van der Waals surface area contributed by atoms with Crippen molar-refractivity contribution in [3.63, 3.8) is 0 Å². The molecule has 0 atom stereocenters. The molecule has 3 rings (SSSR count). The summed E-state index contributed by atoms with van der Waals surface area (Å²) in [6, 6.07) is 14.1. The lowest BCUT2D eigenvalue weighted by molar-refractivity contribution is -0.117. The van der Waals surface area contributed by atoms with Gasteiger partial charge in [0.25, 0.3) is 0 Å². The Bertz CT molecular complexity index is 887. The van der Waals surface area contributed by atoms with Gasteiger partial charge in [-0.2, -0.15) is 0 Å². The van der Waals surface area contributed by atoms with Gasteiger partial charge in [-0.15, -0.1) is 0 Å². The number of hydrogen-bond acceptors (Lipinski definition) is 4. The van der Waals surface area contributed by atoms with Gasteiger partial charge >= 0.3 is 5.97 Å². The second-order valence-electron chi connectivity index (χ2n) is 6.10. The lowest BCUT2D eigenvalue weighted by Gasteiger charge is -2.15. The molecule has 1 aliphatic heterocycles. The van der Waals surface area contributed by atoms with Crippen LogP contribution in [0.25, 0.3) is 6.08 Å². The molecule has 1 heterocycles. The van der Waals surface area contributed by atoms with Gasteiger partial charge < -0.3 is 15.0 Å². The van der Waals surface area contributed by atoms with Crippen LogP contribution in [-0.4, -0.2) is 31.4 Å². The fourth-order valence-electron chi connectivity index (χ4n) is 2.91. The predicted octanol–water partition coefficient (Wildman–Crippen LogP) is 3.25. The number of para-hydroxylation sites is 1. The van der Waals surface area contributed by atoms with E-state index >= 15 is 0 Å². The van der Waals surface area contributed by atoms with Gasteiger partial charge in [-0.05, 0) is 42.3 Å². The number of carbonyl (C=O) groups excluding carboxylic acids is 3. The van der Waals surface area contributed by atoms with Crippen molar-refractivity contribution < 1.29 is 19.1 Å². The summed E-state index contributed by atoms with van der Waals surface area (Å²) in [4.78, 5) is 37.4. The largest absolute Gasteiger partial charge is 0.465 e. The molecule has 1 aliphatic rings. The highest BCUT2D eigenvalue weighted by atomic mass is 16.5. The van der Waals surface area contributed by atoms with E-state index in [1.165, 1.54) is 13.2 Å². The van der Waals surface area contributed by atoms with Crippen LogP contribution in [0.2, 0.25) is 0 Å². The molecule has 27 heavy (non-hydrogen) atoms. The number of carbonyl (C=O) groups is 3. The summed E-state index contributed by atoms with van der Waals surface area (Å²) in [5, 5.41) is 2.68. The molecule has 2 aromatic carbocycles. The van der Waals surface area contributed by atoms with Gasteiger partial charge in [-0.3, -0.25) is 9.59 Å². The van der Waals surface area contributed by atoms with E-state index in [0.29, 0.717) is 17.7 Å². The number of esters is 1. The monoisotopic (exact) mass is 364 g/mol. The van der Waals surface area contributed by atoms with Crippen molar-refractivity contribution >= 4 is 35.2 Å². The maximum absolute atomic E-state index is 12.2. The van der Waals surface area contributed by atoms with Crippen LogP contribution < -0.4 is 10.2 Å². The van der Waals surface area contributed by atoms with E-state index in [-0.39, 0.29) is 11.8 Å². The third-order valence-corrected chi connectivity index (χ3v) is 4.30. The third-order valence-electron chi connectivity index (χ3n) is 4.30. The van der Waals surface area contributed by atoms with E-state index in [9.17, 15) is 14.4 Å². The molecule has 1 saturated heterocycles. The van der Waals surface area contributed by atoms with Crippen molar-refractivity contribution in [2.75, 3.05) is 23.9 Å². The lowest BCUT2D eigenvalue weighted by atomic mass is 10.1. The van der Waals surface area contributed by atoms with Crippen molar-refractivity contribution in [1.82, 2.24) is 0 Å². The second-order valence-corrected chi connectivity index (χ2v) is 6.10. The molecule has 0 aliphatic carbocycles.